The number of rotatable bonds is 4. The molecule has 0 bridgehead atoms. The molecule has 1 aromatic heterocycles. The van der Waals surface area contributed by atoms with Crippen molar-refractivity contribution in [3.8, 4) is 5.75 Å². The van der Waals surface area contributed by atoms with Crippen molar-refractivity contribution >= 4 is 11.0 Å². The van der Waals surface area contributed by atoms with Gasteiger partial charge in [0.25, 0.3) is 0 Å². The maximum absolute atomic E-state index is 11.6. The van der Waals surface area contributed by atoms with Gasteiger partial charge in [0.05, 0.1) is 0 Å². The van der Waals surface area contributed by atoms with Crippen molar-refractivity contribution in [1.82, 2.24) is 0 Å². The fraction of sp³-hybridized carbons (Fsp3) is 0.250. The highest BCUT2D eigenvalue weighted by molar-refractivity contribution is 5.81. The smallest absolute Gasteiger partial charge is 0.336 e. The third kappa shape index (κ3) is 3.45. The summed E-state index contributed by atoms with van der Waals surface area (Å²) in [5.74, 6) is 0.702. The first-order valence-electron chi connectivity index (χ1n) is 7.82. The molecule has 0 radical (unpaired) electrons. The van der Waals surface area contributed by atoms with Crippen LogP contribution in [0.15, 0.2) is 51.7 Å². The van der Waals surface area contributed by atoms with Crippen LogP contribution in [0.4, 0.5) is 0 Å². The van der Waals surface area contributed by atoms with E-state index in [9.17, 15) is 4.79 Å². The summed E-state index contributed by atoms with van der Waals surface area (Å²) in [6, 6.07) is 13.6. The molecule has 3 aromatic rings. The van der Waals surface area contributed by atoms with E-state index in [1.165, 1.54) is 11.1 Å². The minimum absolute atomic E-state index is 0.319. The number of aryl methyl sites for hydroxylation is 3. The molecule has 0 amide bonds. The molecule has 0 saturated heterocycles. The van der Waals surface area contributed by atoms with Crippen LogP contribution in [0.2, 0.25) is 0 Å². The van der Waals surface area contributed by atoms with Crippen molar-refractivity contribution in [2.75, 3.05) is 0 Å². The first-order chi connectivity index (χ1) is 11.0. The van der Waals surface area contributed by atoms with Crippen LogP contribution in [-0.2, 0) is 13.0 Å². The molecule has 118 valence electrons. The Morgan fingerprint density at radius 1 is 1.00 bits per heavy atom. The maximum Gasteiger partial charge on any atom is 0.336 e. The van der Waals surface area contributed by atoms with E-state index in [1.807, 2.05) is 19.1 Å². The van der Waals surface area contributed by atoms with Gasteiger partial charge in [-0.3, -0.25) is 0 Å². The van der Waals surface area contributed by atoms with Gasteiger partial charge in [-0.05, 0) is 43.5 Å². The highest BCUT2D eigenvalue weighted by Gasteiger charge is 2.06. The molecule has 0 aliphatic rings. The fourth-order valence-electron chi connectivity index (χ4n) is 2.91. The number of hydrogen-bond donors (Lipinski definition) is 0. The van der Waals surface area contributed by atoms with Crippen LogP contribution in [0, 0.1) is 13.8 Å². The van der Waals surface area contributed by atoms with E-state index in [2.05, 4.69) is 32.0 Å². The Balaban J connectivity index is 1.87. The van der Waals surface area contributed by atoms with E-state index in [-0.39, 0.29) is 5.63 Å². The molecule has 0 unspecified atom stereocenters. The van der Waals surface area contributed by atoms with Gasteiger partial charge >= 0.3 is 5.63 Å². The summed E-state index contributed by atoms with van der Waals surface area (Å²) >= 11 is 0. The lowest BCUT2D eigenvalue weighted by Crippen LogP contribution is -2.01. The van der Waals surface area contributed by atoms with Gasteiger partial charge < -0.3 is 9.15 Å². The molecule has 3 nitrogen and oxygen atoms in total. The molecule has 0 atom stereocenters. The van der Waals surface area contributed by atoms with E-state index < -0.39 is 0 Å². The predicted octanol–water partition coefficient (Wildman–Crippen LogP) is 4.55. The third-order valence-corrected chi connectivity index (χ3v) is 3.87. The van der Waals surface area contributed by atoms with E-state index >= 15 is 0 Å². The molecule has 3 heteroatoms. The molecule has 3 rings (SSSR count). The topological polar surface area (TPSA) is 39.4 Å². The zero-order valence-corrected chi connectivity index (χ0v) is 13.7. The van der Waals surface area contributed by atoms with Crippen molar-refractivity contribution in [1.29, 1.82) is 0 Å². The number of benzene rings is 2. The van der Waals surface area contributed by atoms with Crippen molar-refractivity contribution in [3.63, 3.8) is 0 Å². The maximum atomic E-state index is 11.6. The first kappa shape index (κ1) is 15.3. The third-order valence-electron chi connectivity index (χ3n) is 3.87. The monoisotopic (exact) mass is 308 g/mol. The molecular weight excluding hydrogens is 288 g/mol. The fourth-order valence-corrected chi connectivity index (χ4v) is 2.91. The van der Waals surface area contributed by atoms with Crippen LogP contribution in [-0.4, -0.2) is 0 Å². The van der Waals surface area contributed by atoms with E-state index in [4.69, 9.17) is 9.15 Å². The molecule has 0 spiro atoms. The molecule has 0 fully saturated rings. The Labute approximate surface area is 135 Å². The molecule has 23 heavy (non-hydrogen) atoms. The predicted molar refractivity (Wildman–Crippen MR) is 92.1 cm³/mol. The second-order valence-electron chi connectivity index (χ2n) is 5.89. The number of fused-ring (bicyclic) bond motifs is 1. The molecule has 0 saturated carbocycles. The first-order valence-corrected chi connectivity index (χ1v) is 7.82. The number of ether oxygens (including phenoxy) is 1. The van der Waals surface area contributed by atoms with Crippen LogP contribution in [0.5, 0.6) is 5.75 Å². The Morgan fingerprint density at radius 2 is 1.74 bits per heavy atom. The highest BCUT2D eigenvalue weighted by Crippen LogP contribution is 2.24. The summed E-state index contributed by atoms with van der Waals surface area (Å²) in [5, 5.41) is 0.964. The summed E-state index contributed by atoms with van der Waals surface area (Å²) in [5.41, 5.74) is 4.83. The van der Waals surface area contributed by atoms with Gasteiger partial charge in [0.1, 0.15) is 17.9 Å². The number of hydrogen-bond acceptors (Lipinski definition) is 3. The Bertz CT molecular complexity index is 886. The lowest BCUT2D eigenvalue weighted by Gasteiger charge is -2.09. The Kier molecular flexibility index (Phi) is 4.20. The van der Waals surface area contributed by atoms with E-state index in [0.29, 0.717) is 17.9 Å². The normalized spacial score (nSPS) is 10.9. The van der Waals surface area contributed by atoms with Gasteiger partial charge in [0, 0.05) is 17.5 Å². The Hall–Kier alpha value is -2.55. The summed E-state index contributed by atoms with van der Waals surface area (Å²) < 4.78 is 11.2. The largest absolute Gasteiger partial charge is 0.489 e. The second kappa shape index (κ2) is 6.29. The summed E-state index contributed by atoms with van der Waals surface area (Å²) in [6.07, 6.45) is 0.797. The van der Waals surface area contributed by atoms with Crippen molar-refractivity contribution in [2.24, 2.45) is 0 Å². The van der Waals surface area contributed by atoms with Crippen LogP contribution >= 0.6 is 0 Å². The van der Waals surface area contributed by atoms with Crippen LogP contribution < -0.4 is 10.4 Å². The molecular formula is C20H20O3. The summed E-state index contributed by atoms with van der Waals surface area (Å²) in [4.78, 5) is 11.6. The van der Waals surface area contributed by atoms with Gasteiger partial charge in [-0.15, -0.1) is 0 Å². The standard InChI is InChI=1S/C20H20O3/c1-4-16-10-20(21)23-19-11-17(5-6-18(16)19)22-12-15-8-13(2)7-14(3)9-15/h5-11H,4,12H2,1-3H3. The van der Waals surface area contributed by atoms with Crippen molar-refractivity contribution in [2.45, 2.75) is 33.8 Å². The van der Waals surface area contributed by atoms with Crippen molar-refractivity contribution < 1.29 is 9.15 Å². The molecule has 0 aliphatic carbocycles. The quantitative estimate of drug-likeness (QED) is 0.664. The van der Waals surface area contributed by atoms with Crippen molar-refractivity contribution in [3.05, 3.63) is 75.1 Å². The lowest BCUT2D eigenvalue weighted by molar-refractivity contribution is 0.306. The summed E-state index contributed by atoms with van der Waals surface area (Å²) in [6.45, 7) is 6.67. The highest BCUT2D eigenvalue weighted by atomic mass is 16.5. The van der Waals surface area contributed by atoms with E-state index in [1.54, 1.807) is 12.1 Å². The van der Waals surface area contributed by atoms with Crippen LogP contribution in [0.1, 0.15) is 29.2 Å². The molecule has 1 heterocycles. The minimum atomic E-state index is -0.319. The Morgan fingerprint density at radius 3 is 2.43 bits per heavy atom. The molecule has 0 aliphatic heterocycles. The van der Waals surface area contributed by atoms with Gasteiger partial charge in [-0.1, -0.05) is 36.2 Å². The minimum Gasteiger partial charge on any atom is -0.489 e. The van der Waals surface area contributed by atoms with Gasteiger partial charge in [-0.25, -0.2) is 4.79 Å². The van der Waals surface area contributed by atoms with Crippen LogP contribution in [0.3, 0.4) is 0 Å². The summed E-state index contributed by atoms with van der Waals surface area (Å²) in [7, 11) is 0. The molecule has 2 aromatic carbocycles. The average Bonchev–Trinajstić information content (AvgIpc) is 2.50. The van der Waals surface area contributed by atoms with Crippen LogP contribution in [0.25, 0.3) is 11.0 Å². The zero-order chi connectivity index (χ0) is 16.4. The zero-order valence-electron chi connectivity index (χ0n) is 13.7. The SMILES string of the molecule is CCc1cc(=O)oc2cc(OCc3cc(C)cc(C)c3)ccc12. The molecule has 0 N–H and O–H groups in total. The second-order valence-corrected chi connectivity index (χ2v) is 5.89. The average molecular weight is 308 g/mol. The van der Waals surface area contributed by atoms with E-state index in [0.717, 1.165) is 22.9 Å². The van der Waals surface area contributed by atoms with Gasteiger partial charge in [-0.2, -0.15) is 0 Å². The lowest BCUT2D eigenvalue weighted by atomic mass is 10.1. The van der Waals surface area contributed by atoms with Gasteiger partial charge in [0.2, 0.25) is 0 Å². The van der Waals surface area contributed by atoms with Gasteiger partial charge in [0.15, 0.2) is 0 Å².